The van der Waals surface area contributed by atoms with Crippen LogP contribution in [0.2, 0.25) is 0 Å². The molecule has 1 aliphatic heterocycles. The highest BCUT2D eigenvalue weighted by atomic mass is 16.2. The second-order valence-corrected chi connectivity index (χ2v) is 4.61. The number of hydrogen-bond acceptors (Lipinski definition) is 4. The van der Waals surface area contributed by atoms with Crippen molar-refractivity contribution in [3.8, 4) is 0 Å². The molecule has 96 valence electrons. The van der Waals surface area contributed by atoms with Crippen LogP contribution in [0.25, 0.3) is 10.9 Å². The molecule has 1 aromatic carbocycles. The van der Waals surface area contributed by atoms with Crippen molar-refractivity contribution < 1.29 is 9.59 Å². The summed E-state index contributed by atoms with van der Waals surface area (Å²) >= 11 is 0. The third kappa shape index (κ3) is 2.46. The summed E-state index contributed by atoms with van der Waals surface area (Å²) in [5.41, 5.74) is 1.95. The van der Waals surface area contributed by atoms with Crippen LogP contribution >= 0.6 is 0 Å². The van der Waals surface area contributed by atoms with E-state index in [0.29, 0.717) is 6.54 Å². The number of piperazine rings is 1. The summed E-state index contributed by atoms with van der Waals surface area (Å²) in [7, 11) is 0. The van der Waals surface area contributed by atoms with E-state index in [2.05, 4.69) is 10.3 Å². The zero-order valence-corrected chi connectivity index (χ0v) is 10.3. The van der Waals surface area contributed by atoms with Gasteiger partial charge in [-0.25, -0.2) is 0 Å². The third-order valence-corrected chi connectivity index (χ3v) is 3.12. The number of fused-ring (bicyclic) bond motifs is 1. The summed E-state index contributed by atoms with van der Waals surface area (Å²) < 4.78 is 0. The van der Waals surface area contributed by atoms with Crippen LogP contribution in [0.5, 0.6) is 0 Å². The number of benzene rings is 1. The fourth-order valence-corrected chi connectivity index (χ4v) is 2.34. The lowest BCUT2D eigenvalue weighted by Crippen LogP contribution is -2.50. The first-order valence-corrected chi connectivity index (χ1v) is 6.10. The van der Waals surface area contributed by atoms with E-state index in [1.165, 1.54) is 0 Å². The number of carbonyl (C=O) groups is 2. The molecule has 0 atom stereocenters. The van der Waals surface area contributed by atoms with Crippen molar-refractivity contribution in [2.45, 2.75) is 6.54 Å². The highest BCUT2D eigenvalue weighted by Crippen LogP contribution is 2.17. The number of rotatable bonds is 2. The van der Waals surface area contributed by atoms with Gasteiger partial charge in [-0.15, -0.1) is 0 Å². The number of amides is 2. The predicted molar refractivity (Wildman–Crippen MR) is 70.2 cm³/mol. The fourth-order valence-electron chi connectivity index (χ4n) is 2.34. The Morgan fingerprint density at radius 2 is 1.84 bits per heavy atom. The van der Waals surface area contributed by atoms with Gasteiger partial charge < -0.3 is 0 Å². The normalized spacial score (nSPS) is 16.6. The van der Waals surface area contributed by atoms with Gasteiger partial charge in [-0.2, -0.15) is 0 Å². The van der Waals surface area contributed by atoms with Crippen molar-refractivity contribution in [2.24, 2.45) is 0 Å². The molecule has 1 N–H and O–H groups in total. The van der Waals surface area contributed by atoms with Gasteiger partial charge in [-0.05, 0) is 11.6 Å². The first-order chi connectivity index (χ1) is 9.22. The third-order valence-electron chi connectivity index (χ3n) is 3.12. The van der Waals surface area contributed by atoms with E-state index in [4.69, 9.17) is 0 Å². The molecule has 1 saturated heterocycles. The van der Waals surface area contributed by atoms with Gasteiger partial charge in [-0.3, -0.25) is 24.8 Å². The number of hydrogen-bond donors (Lipinski definition) is 1. The first-order valence-electron chi connectivity index (χ1n) is 6.10. The predicted octanol–water partition coefficient (Wildman–Crippen LogP) is 0.693. The molecule has 0 aliphatic carbocycles. The Kier molecular flexibility index (Phi) is 2.97. The van der Waals surface area contributed by atoms with E-state index in [1.54, 1.807) is 6.20 Å². The SMILES string of the molecule is O=C1CN(Cc2cccc3cccnc23)CC(=O)N1. The van der Waals surface area contributed by atoms with Crippen molar-refractivity contribution in [1.82, 2.24) is 15.2 Å². The standard InChI is InChI=1S/C14H13N3O2/c18-12-8-17(9-13(19)16-12)7-11-4-1-3-10-5-2-6-15-14(10)11/h1-6H,7-9H2,(H,16,18,19). The zero-order chi connectivity index (χ0) is 13.2. The quantitative estimate of drug-likeness (QED) is 0.802. The van der Waals surface area contributed by atoms with Crippen molar-refractivity contribution in [1.29, 1.82) is 0 Å². The van der Waals surface area contributed by atoms with Crippen molar-refractivity contribution >= 4 is 22.7 Å². The zero-order valence-electron chi connectivity index (χ0n) is 10.3. The van der Waals surface area contributed by atoms with Crippen molar-refractivity contribution in [3.05, 3.63) is 42.1 Å². The number of aromatic nitrogens is 1. The van der Waals surface area contributed by atoms with Gasteiger partial charge in [0.2, 0.25) is 11.8 Å². The first kappa shape index (κ1) is 11.8. The van der Waals surface area contributed by atoms with E-state index < -0.39 is 0 Å². The van der Waals surface area contributed by atoms with Crippen LogP contribution in [0.15, 0.2) is 36.5 Å². The maximum atomic E-state index is 11.3. The Morgan fingerprint density at radius 3 is 2.63 bits per heavy atom. The van der Waals surface area contributed by atoms with Crippen LogP contribution in [0.3, 0.4) is 0 Å². The molecule has 19 heavy (non-hydrogen) atoms. The monoisotopic (exact) mass is 255 g/mol. The van der Waals surface area contributed by atoms with Gasteiger partial charge in [0, 0.05) is 18.1 Å². The summed E-state index contributed by atoms with van der Waals surface area (Å²) in [4.78, 5) is 28.9. The maximum absolute atomic E-state index is 11.3. The van der Waals surface area contributed by atoms with Crippen LogP contribution in [-0.2, 0) is 16.1 Å². The van der Waals surface area contributed by atoms with Crippen LogP contribution in [0.4, 0.5) is 0 Å². The van der Waals surface area contributed by atoms with Crippen LogP contribution in [0.1, 0.15) is 5.56 Å². The molecule has 0 bridgehead atoms. The molecule has 0 radical (unpaired) electrons. The summed E-state index contributed by atoms with van der Waals surface area (Å²) in [6.45, 7) is 1.04. The molecule has 3 rings (SSSR count). The Bertz CT molecular complexity index is 633. The molecule has 5 heteroatoms. The number of pyridine rings is 1. The minimum absolute atomic E-state index is 0.245. The lowest BCUT2D eigenvalue weighted by atomic mass is 10.1. The lowest BCUT2D eigenvalue weighted by molar-refractivity contribution is -0.136. The van der Waals surface area contributed by atoms with Crippen molar-refractivity contribution in [2.75, 3.05) is 13.1 Å². The van der Waals surface area contributed by atoms with Crippen LogP contribution in [0, 0.1) is 0 Å². The molecule has 1 aromatic heterocycles. The van der Waals surface area contributed by atoms with E-state index in [9.17, 15) is 9.59 Å². The minimum atomic E-state index is -0.246. The molecular formula is C14H13N3O2. The minimum Gasteiger partial charge on any atom is -0.294 e. The Morgan fingerprint density at radius 1 is 1.11 bits per heavy atom. The molecule has 2 amide bonds. The average Bonchev–Trinajstić information content (AvgIpc) is 2.38. The van der Waals surface area contributed by atoms with Gasteiger partial charge in [0.25, 0.3) is 0 Å². The summed E-state index contributed by atoms with van der Waals surface area (Å²) in [5.74, 6) is -0.492. The number of nitrogens with zero attached hydrogens (tertiary/aromatic N) is 2. The van der Waals surface area contributed by atoms with E-state index >= 15 is 0 Å². The second kappa shape index (κ2) is 4.78. The second-order valence-electron chi connectivity index (χ2n) is 4.61. The molecule has 0 spiro atoms. The highest BCUT2D eigenvalue weighted by Gasteiger charge is 2.22. The van der Waals surface area contributed by atoms with E-state index in [-0.39, 0.29) is 24.9 Å². The summed E-state index contributed by atoms with van der Waals surface area (Å²) in [5, 5.41) is 3.36. The van der Waals surface area contributed by atoms with Gasteiger partial charge in [-0.1, -0.05) is 24.3 Å². The van der Waals surface area contributed by atoms with Crippen LogP contribution < -0.4 is 5.32 Å². The smallest absolute Gasteiger partial charge is 0.240 e. The number of nitrogens with one attached hydrogen (secondary N) is 1. The lowest BCUT2D eigenvalue weighted by Gasteiger charge is -2.25. The Labute approximate surface area is 110 Å². The number of carbonyl (C=O) groups excluding carboxylic acids is 2. The van der Waals surface area contributed by atoms with Gasteiger partial charge in [0.15, 0.2) is 0 Å². The summed E-state index contributed by atoms with van der Waals surface area (Å²) in [6, 6.07) is 9.83. The van der Waals surface area contributed by atoms with E-state index in [0.717, 1.165) is 16.5 Å². The molecule has 5 nitrogen and oxygen atoms in total. The molecule has 0 saturated carbocycles. The topological polar surface area (TPSA) is 62.3 Å². The number of imide groups is 1. The van der Waals surface area contributed by atoms with Gasteiger partial charge >= 0.3 is 0 Å². The Hall–Kier alpha value is -2.27. The van der Waals surface area contributed by atoms with Crippen molar-refractivity contribution in [3.63, 3.8) is 0 Å². The molecule has 1 fully saturated rings. The fraction of sp³-hybridized carbons (Fsp3) is 0.214. The van der Waals surface area contributed by atoms with E-state index in [1.807, 2.05) is 35.2 Å². The van der Waals surface area contributed by atoms with Gasteiger partial charge in [0.05, 0.1) is 18.6 Å². The molecule has 0 unspecified atom stereocenters. The average molecular weight is 255 g/mol. The largest absolute Gasteiger partial charge is 0.294 e. The van der Waals surface area contributed by atoms with Gasteiger partial charge in [0.1, 0.15) is 0 Å². The molecule has 2 heterocycles. The summed E-state index contributed by atoms with van der Waals surface area (Å²) in [6.07, 6.45) is 1.75. The maximum Gasteiger partial charge on any atom is 0.240 e. The molecular weight excluding hydrogens is 242 g/mol. The Balaban J connectivity index is 1.89. The highest BCUT2D eigenvalue weighted by molar-refractivity contribution is 5.99. The number of para-hydroxylation sites is 1. The molecule has 2 aromatic rings. The molecule has 1 aliphatic rings. The van der Waals surface area contributed by atoms with Crippen LogP contribution in [-0.4, -0.2) is 34.8 Å².